The van der Waals surface area contributed by atoms with E-state index in [4.69, 9.17) is 0 Å². The molecule has 3 aliphatic carbocycles. The van der Waals surface area contributed by atoms with Gasteiger partial charge in [-0.3, -0.25) is 0 Å². The second-order valence-corrected chi connectivity index (χ2v) is 11.5. The van der Waals surface area contributed by atoms with E-state index in [0.29, 0.717) is 0 Å². The molecule has 0 unspecified atom stereocenters. The van der Waals surface area contributed by atoms with Gasteiger partial charge >= 0.3 is 0 Å². The van der Waals surface area contributed by atoms with Crippen LogP contribution in [0, 0.1) is 29.6 Å². The Labute approximate surface area is 193 Å². The number of allylic oxidation sites excluding steroid dienone is 1. The Hall–Kier alpha value is -1.04. The third kappa shape index (κ3) is 6.49. The Morgan fingerprint density at radius 2 is 1.26 bits per heavy atom. The molecular weight excluding hydrogens is 372 g/mol. The van der Waals surface area contributed by atoms with Gasteiger partial charge in [0.1, 0.15) is 0 Å². The van der Waals surface area contributed by atoms with Crippen LogP contribution in [0.1, 0.15) is 120 Å². The van der Waals surface area contributed by atoms with Crippen LogP contribution >= 0.6 is 0 Å². The van der Waals surface area contributed by atoms with Gasteiger partial charge in [-0.2, -0.15) is 0 Å². The van der Waals surface area contributed by atoms with Crippen LogP contribution in [-0.2, 0) is 6.42 Å². The average Bonchev–Trinajstić information content (AvgIpc) is 2.84. The Kier molecular flexibility index (Phi) is 8.74. The quantitative estimate of drug-likeness (QED) is 0.367. The number of hydrogen-bond donors (Lipinski definition) is 0. The van der Waals surface area contributed by atoms with Crippen molar-refractivity contribution in [2.45, 2.75) is 116 Å². The highest BCUT2D eigenvalue weighted by atomic mass is 14.4. The van der Waals surface area contributed by atoms with E-state index >= 15 is 0 Å². The fraction of sp³-hybridized carbons (Fsp3) is 0.742. The predicted molar refractivity (Wildman–Crippen MR) is 135 cm³/mol. The predicted octanol–water partition coefficient (Wildman–Crippen LogP) is 9.49. The van der Waals surface area contributed by atoms with Gasteiger partial charge in [-0.25, -0.2) is 0 Å². The third-order valence-electron chi connectivity index (χ3n) is 9.54. The van der Waals surface area contributed by atoms with Crippen molar-refractivity contribution >= 4 is 0 Å². The maximum Gasteiger partial charge on any atom is -0.0162 e. The summed E-state index contributed by atoms with van der Waals surface area (Å²) in [6.45, 7) is 6.35. The van der Waals surface area contributed by atoms with Gasteiger partial charge in [-0.05, 0) is 111 Å². The second kappa shape index (κ2) is 11.7. The highest BCUT2D eigenvalue weighted by molar-refractivity contribution is 5.26. The fourth-order valence-corrected chi connectivity index (χ4v) is 7.32. The third-order valence-corrected chi connectivity index (χ3v) is 9.54. The van der Waals surface area contributed by atoms with E-state index in [1.807, 2.05) is 0 Å². The molecule has 172 valence electrons. The molecule has 1 aromatic carbocycles. The number of benzene rings is 1. The highest BCUT2D eigenvalue weighted by Crippen LogP contribution is 2.43. The van der Waals surface area contributed by atoms with Crippen molar-refractivity contribution in [2.24, 2.45) is 29.6 Å². The van der Waals surface area contributed by atoms with E-state index in [9.17, 15) is 0 Å². The molecule has 3 fully saturated rings. The van der Waals surface area contributed by atoms with Crippen LogP contribution in [-0.4, -0.2) is 0 Å². The van der Waals surface area contributed by atoms with E-state index in [-0.39, 0.29) is 0 Å². The van der Waals surface area contributed by atoms with Crippen molar-refractivity contribution < 1.29 is 0 Å². The Bertz CT molecular complexity index is 631. The summed E-state index contributed by atoms with van der Waals surface area (Å²) in [5, 5.41) is 0. The summed E-state index contributed by atoms with van der Waals surface area (Å²) in [5.41, 5.74) is 3.15. The molecule has 4 rings (SSSR count). The summed E-state index contributed by atoms with van der Waals surface area (Å²) >= 11 is 0. The zero-order chi connectivity index (χ0) is 21.5. The second-order valence-electron chi connectivity index (χ2n) is 11.5. The van der Waals surface area contributed by atoms with Crippen molar-refractivity contribution in [1.82, 2.24) is 0 Å². The summed E-state index contributed by atoms with van der Waals surface area (Å²) in [5.74, 6) is 5.74. The summed E-state index contributed by atoms with van der Waals surface area (Å²) < 4.78 is 0. The SMILES string of the molecule is C=CC1CCC(c2ccc(CCC3CCC(C4CCC(CCC)CC4)CC3)cc2)CC1. The Morgan fingerprint density at radius 1 is 0.710 bits per heavy atom. The molecule has 0 heteroatoms. The molecule has 0 bridgehead atoms. The minimum Gasteiger partial charge on any atom is -0.103 e. The minimum absolute atomic E-state index is 0.765. The number of hydrogen-bond acceptors (Lipinski definition) is 0. The fourth-order valence-electron chi connectivity index (χ4n) is 7.32. The van der Waals surface area contributed by atoms with Crippen LogP contribution < -0.4 is 0 Å². The number of rotatable bonds is 8. The lowest BCUT2D eigenvalue weighted by Gasteiger charge is -2.38. The van der Waals surface area contributed by atoms with Crippen molar-refractivity contribution in [3.05, 3.63) is 48.0 Å². The summed E-state index contributed by atoms with van der Waals surface area (Å²) in [7, 11) is 0. The van der Waals surface area contributed by atoms with Crippen molar-refractivity contribution in [2.75, 3.05) is 0 Å². The lowest BCUT2D eigenvalue weighted by Crippen LogP contribution is -2.26. The smallest absolute Gasteiger partial charge is 0.0162 e. The first-order valence-corrected chi connectivity index (χ1v) is 14.0. The van der Waals surface area contributed by atoms with Gasteiger partial charge < -0.3 is 0 Å². The summed E-state index contributed by atoms with van der Waals surface area (Å²) in [6, 6.07) is 9.77. The van der Waals surface area contributed by atoms with Crippen molar-refractivity contribution in [3.63, 3.8) is 0 Å². The van der Waals surface area contributed by atoms with E-state index in [1.54, 1.807) is 24.0 Å². The maximum absolute atomic E-state index is 3.99. The molecule has 0 aromatic heterocycles. The van der Waals surface area contributed by atoms with Crippen LogP contribution in [0.15, 0.2) is 36.9 Å². The Balaban J connectivity index is 1.15. The first-order chi connectivity index (χ1) is 15.2. The molecule has 0 aliphatic heterocycles. The maximum atomic E-state index is 3.99. The highest BCUT2D eigenvalue weighted by Gasteiger charge is 2.30. The van der Waals surface area contributed by atoms with Gasteiger partial charge in [0, 0.05) is 0 Å². The monoisotopic (exact) mass is 420 g/mol. The molecule has 0 amide bonds. The summed E-state index contributed by atoms with van der Waals surface area (Å²) in [6.07, 6.45) is 25.3. The molecular formula is C31H48. The molecule has 0 radical (unpaired) electrons. The van der Waals surface area contributed by atoms with E-state index in [0.717, 1.165) is 35.5 Å². The normalized spacial score (nSPS) is 34.4. The lowest BCUT2D eigenvalue weighted by molar-refractivity contribution is 0.141. The summed E-state index contributed by atoms with van der Waals surface area (Å²) in [4.78, 5) is 0. The minimum atomic E-state index is 0.765. The zero-order valence-corrected chi connectivity index (χ0v) is 20.4. The van der Waals surface area contributed by atoms with Crippen LogP contribution in [0.3, 0.4) is 0 Å². The van der Waals surface area contributed by atoms with E-state index in [2.05, 4.69) is 43.8 Å². The molecule has 31 heavy (non-hydrogen) atoms. The molecule has 0 saturated heterocycles. The van der Waals surface area contributed by atoms with Gasteiger partial charge in [-0.1, -0.05) is 75.8 Å². The molecule has 1 aromatic rings. The molecule has 0 spiro atoms. The van der Waals surface area contributed by atoms with Gasteiger partial charge in [0.05, 0.1) is 0 Å². The van der Waals surface area contributed by atoms with Crippen LogP contribution in [0.25, 0.3) is 0 Å². The molecule has 3 saturated carbocycles. The van der Waals surface area contributed by atoms with Gasteiger partial charge in [-0.15, -0.1) is 6.58 Å². The first-order valence-electron chi connectivity index (χ1n) is 14.0. The van der Waals surface area contributed by atoms with Gasteiger partial charge in [0.15, 0.2) is 0 Å². The molecule has 0 heterocycles. The molecule has 0 N–H and O–H groups in total. The topological polar surface area (TPSA) is 0 Å². The largest absolute Gasteiger partial charge is 0.103 e. The molecule has 3 aliphatic rings. The van der Waals surface area contributed by atoms with Gasteiger partial charge in [0.25, 0.3) is 0 Å². The average molecular weight is 421 g/mol. The molecule has 0 nitrogen and oxygen atoms in total. The van der Waals surface area contributed by atoms with Crippen molar-refractivity contribution in [3.8, 4) is 0 Å². The standard InChI is InChI=1S/C31H48/c1-3-5-25-10-18-29(19-11-25)31-22-14-27(15-23-31)7-6-26-12-20-30(21-13-26)28-16-8-24(4-2)9-17-28/h4,12-13,20-21,24-25,27-29,31H,2-3,5-11,14-19,22-23H2,1H3. The van der Waals surface area contributed by atoms with Gasteiger partial charge in [0.2, 0.25) is 0 Å². The van der Waals surface area contributed by atoms with E-state index in [1.165, 1.54) is 89.9 Å². The molecule has 0 atom stereocenters. The van der Waals surface area contributed by atoms with Crippen LogP contribution in [0.4, 0.5) is 0 Å². The zero-order valence-electron chi connectivity index (χ0n) is 20.4. The van der Waals surface area contributed by atoms with Crippen LogP contribution in [0.2, 0.25) is 0 Å². The lowest BCUT2D eigenvalue weighted by atomic mass is 9.68. The van der Waals surface area contributed by atoms with E-state index < -0.39 is 0 Å². The van der Waals surface area contributed by atoms with Crippen LogP contribution in [0.5, 0.6) is 0 Å². The Morgan fingerprint density at radius 3 is 1.77 bits per heavy atom. The first kappa shape index (κ1) is 23.1. The number of aryl methyl sites for hydroxylation is 1. The van der Waals surface area contributed by atoms with Crippen molar-refractivity contribution in [1.29, 1.82) is 0 Å².